The van der Waals surface area contributed by atoms with Crippen molar-refractivity contribution < 1.29 is 17.9 Å². The van der Waals surface area contributed by atoms with Crippen LogP contribution in [-0.2, 0) is 10.0 Å². The Labute approximate surface area is 155 Å². The van der Waals surface area contributed by atoms with E-state index < -0.39 is 10.0 Å². The van der Waals surface area contributed by atoms with Gasteiger partial charge in [0.25, 0.3) is 11.8 Å². The molecule has 0 amide bonds. The van der Waals surface area contributed by atoms with E-state index in [4.69, 9.17) is 21.1 Å². The van der Waals surface area contributed by atoms with E-state index in [-0.39, 0.29) is 16.4 Å². The molecule has 0 aliphatic heterocycles. The maximum atomic E-state index is 12.3. The Morgan fingerprint density at radius 2 is 1.84 bits per heavy atom. The molecule has 10 heteroatoms. The summed E-state index contributed by atoms with van der Waals surface area (Å²) in [4.78, 5) is 8.18. The number of aromatic nitrogens is 2. The number of sulfonamides is 1. The maximum absolute atomic E-state index is 12.3. The smallest absolute Gasteiger partial charge is 0.278 e. The third-order valence-electron chi connectivity index (χ3n) is 3.91. The van der Waals surface area contributed by atoms with E-state index in [1.54, 1.807) is 12.3 Å². The molecule has 1 N–H and O–H groups in total. The summed E-state index contributed by atoms with van der Waals surface area (Å²) in [5.74, 6) is 0.710. The first kappa shape index (κ1) is 18.4. The average molecular weight is 404 g/mol. The number of nitrogens with one attached hydrogen (secondary N) is 1. The Morgan fingerprint density at radius 3 is 2.44 bits per heavy atom. The Balaban J connectivity index is 1.55. The molecule has 0 spiro atoms. The minimum Gasteiger partial charge on any atom is -0.477 e. The largest absolute Gasteiger partial charge is 0.477 e. The molecule has 2 heterocycles. The first-order valence-corrected chi connectivity index (χ1v) is 10.4. The molecular formula is C15H18ClN3O4S2. The van der Waals surface area contributed by atoms with Gasteiger partial charge in [0.2, 0.25) is 10.0 Å². The summed E-state index contributed by atoms with van der Waals surface area (Å²) in [6.45, 7) is 0. The van der Waals surface area contributed by atoms with Crippen LogP contribution < -0.4 is 14.2 Å². The van der Waals surface area contributed by atoms with Gasteiger partial charge in [-0.15, -0.1) is 11.3 Å². The molecule has 0 bridgehead atoms. The van der Waals surface area contributed by atoms with E-state index in [9.17, 15) is 8.42 Å². The summed E-state index contributed by atoms with van der Waals surface area (Å²) >= 11 is 6.87. The number of thiophene rings is 1. The van der Waals surface area contributed by atoms with Crippen LogP contribution >= 0.6 is 22.9 Å². The molecule has 0 aromatic carbocycles. The highest BCUT2D eigenvalue weighted by molar-refractivity contribution is 7.91. The van der Waals surface area contributed by atoms with Crippen molar-refractivity contribution in [3.63, 3.8) is 0 Å². The van der Waals surface area contributed by atoms with Crippen molar-refractivity contribution >= 4 is 33.0 Å². The van der Waals surface area contributed by atoms with Crippen molar-refractivity contribution in [1.29, 1.82) is 0 Å². The van der Waals surface area contributed by atoms with Gasteiger partial charge in [0.05, 0.1) is 11.4 Å². The van der Waals surface area contributed by atoms with Crippen molar-refractivity contribution in [3.8, 4) is 11.8 Å². The van der Waals surface area contributed by atoms with Crippen LogP contribution in [0.5, 0.6) is 11.8 Å². The van der Waals surface area contributed by atoms with Crippen molar-refractivity contribution in [3.05, 3.63) is 28.9 Å². The lowest BCUT2D eigenvalue weighted by atomic mass is 9.94. The van der Waals surface area contributed by atoms with Crippen LogP contribution in [0.1, 0.15) is 25.7 Å². The number of halogens is 1. The Kier molecular flexibility index (Phi) is 5.78. The fraction of sp³-hybridized carbons (Fsp3) is 0.467. The van der Waals surface area contributed by atoms with E-state index >= 15 is 0 Å². The summed E-state index contributed by atoms with van der Waals surface area (Å²) in [7, 11) is -2.01. The Hall–Kier alpha value is -1.42. The highest BCUT2D eigenvalue weighted by Crippen LogP contribution is 2.29. The third kappa shape index (κ3) is 4.60. The van der Waals surface area contributed by atoms with Gasteiger partial charge in [0.1, 0.15) is 10.3 Å². The molecule has 1 aliphatic rings. The first-order chi connectivity index (χ1) is 12.0. The van der Waals surface area contributed by atoms with Gasteiger partial charge < -0.3 is 9.47 Å². The number of nitrogens with zero attached hydrogens (tertiary/aromatic N) is 2. The molecule has 0 radical (unpaired) electrons. The normalized spacial score (nSPS) is 21.0. The lowest BCUT2D eigenvalue weighted by Gasteiger charge is -2.29. The van der Waals surface area contributed by atoms with E-state index in [1.165, 1.54) is 19.4 Å². The number of methoxy groups -OCH3 is 1. The minimum atomic E-state index is -3.53. The van der Waals surface area contributed by atoms with E-state index in [0.717, 1.165) is 24.2 Å². The second-order valence-corrected chi connectivity index (χ2v) is 9.30. The predicted octanol–water partition coefficient (Wildman–Crippen LogP) is 2.87. The quantitative estimate of drug-likeness (QED) is 0.797. The van der Waals surface area contributed by atoms with Crippen molar-refractivity contribution in [2.45, 2.75) is 42.0 Å². The summed E-state index contributed by atoms with van der Waals surface area (Å²) < 4.78 is 39.1. The van der Waals surface area contributed by atoms with Crippen LogP contribution in [0.3, 0.4) is 0 Å². The maximum Gasteiger partial charge on any atom is 0.278 e. The van der Waals surface area contributed by atoms with Crippen LogP contribution in [-0.4, -0.2) is 37.6 Å². The fourth-order valence-corrected chi connectivity index (χ4v) is 5.51. The van der Waals surface area contributed by atoms with Gasteiger partial charge in [0.15, 0.2) is 0 Å². The summed E-state index contributed by atoms with van der Waals surface area (Å²) in [5, 5.41) is 0. The van der Waals surface area contributed by atoms with Crippen LogP contribution in [0.4, 0.5) is 0 Å². The number of hydrogen-bond donors (Lipinski definition) is 1. The molecule has 1 saturated carbocycles. The molecule has 1 fully saturated rings. The van der Waals surface area contributed by atoms with Crippen molar-refractivity contribution in [2.75, 3.05) is 7.11 Å². The van der Waals surface area contributed by atoms with Gasteiger partial charge >= 0.3 is 0 Å². The third-order valence-corrected chi connectivity index (χ3v) is 7.16. The molecule has 0 atom stereocenters. The van der Waals surface area contributed by atoms with E-state index in [1.807, 2.05) is 0 Å². The van der Waals surface area contributed by atoms with Crippen molar-refractivity contribution in [2.24, 2.45) is 0 Å². The van der Waals surface area contributed by atoms with E-state index in [0.29, 0.717) is 28.9 Å². The minimum absolute atomic E-state index is 0.0393. The molecule has 0 unspecified atom stereocenters. The fourth-order valence-electron chi connectivity index (χ4n) is 2.71. The summed E-state index contributed by atoms with van der Waals surface area (Å²) in [5.41, 5.74) is 0. The van der Waals surface area contributed by atoms with Gasteiger partial charge in [-0.3, -0.25) is 0 Å². The summed E-state index contributed by atoms with van der Waals surface area (Å²) in [6.07, 6.45) is 5.85. The second-order valence-electron chi connectivity index (χ2n) is 5.64. The topological polar surface area (TPSA) is 90.4 Å². The molecule has 1 aliphatic carbocycles. The lowest BCUT2D eigenvalue weighted by Crippen LogP contribution is -2.39. The lowest BCUT2D eigenvalue weighted by molar-refractivity contribution is 0.132. The van der Waals surface area contributed by atoms with Crippen LogP contribution in [0.15, 0.2) is 28.7 Å². The number of rotatable bonds is 6. The zero-order valence-corrected chi connectivity index (χ0v) is 15.9. The Morgan fingerprint density at radius 1 is 1.16 bits per heavy atom. The number of hydrogen-bond acceptors (Lipinski definition) is 7. The molecule has 136 valence electrons. The van der Waals surface area contributed by atoms with Crippen LogP contribution in [0.25, 0.3) is 0 Å². The monoisotopic (exact) mass is 403 g/mol. The zero-order chi connectivity index (χ0) is 17.9. The second kappa shape index (κ2) is 7.86. The highest BCUT2D eigenvalue weighted by Gasteiger charge is 2.28. The Bertz CT molecular complexity index is 820. The van der Waals surface area contributed by atoms with E-state index in [2.05, 4.69) is 14.7 Å². The van der Waals surface area contributed by atoms with Crippen molar-refractivity contribution in [1.82, 2.24) is 14.7 Å². The molecule has 2 aromatic heterocycles. The molecular weight excluding hydrogens is 386 g/mol. The molecule has 2 aromatic rings. The standard InChI is InChI=1S/C15H18ClN3O4S2/c1-22-14-15(18-9-8-17-14)23-11-4-2-10(3-5-11)19-25(20,21)13-7-6-12(16)24-13/h6-11,19H,2-5H2,1H3. The molecule has 25 heavy (non-hydrogen) atoms. The number of ether oxygens (including phenoxy) is 2. The molecule has 7 nitrogen and oxygen atoms in total. The van der Waals surface area contributed by atoms with Crippen LogP contribution in [0, 0.1) is 0 Å². The molecule has 0 saturated heterocycles. The van der Waals surface area contributed by atoms with Gasteiger partial charge in [-0.1, -0.05) is 11.6 Å². The zero-order valence-electron chi connectivity index (χ0n) is 13.5. The first-order valence-electron chi connectivity index (χ1n) is 7.77. The molecule has 3 rings (SSSR count). The van der Waals surface area contributed by atoms with Gasteiger partial charge in [-0.25, -0.2) is 23.1 Å². The van der Waals surface area contributed by atoms with Gasteiger partial charge in [-0.2, -0.15) is 0 Å². The summed E-state index contributed by atoms with van der Waals surface area (Å²) in [6, 6.07) is 2.99. The average Bonchev–Trinajstić information content (AvgIpc) is 3.04. The SMILES string of the molecule is COc1nccnc1OC1CCC(NS(=O)(=O)c2ccc(Cl)s2)CC1. The van der Waals surface area contributed by atoms with Crippen LogP contribution in [0.2, 0.25) is 4.34 Å². The van der Waals surface area contributed by atoms with Gasteiger partial charge in [0, 0.05) is 18.4 Å². The highest BCUT2D eigenvalue weighted by atomic mass is 35.5. The van der Waals surface area contributed by atoms with Gasteiger partial charge in [-0.05, 0) is 37.8 Å². The predicted molar refractivity (Wildman–Crippen MR) is 94.9 cm³/mol.